The number of ether oxygens (including phenoxy) is 10. The molecule has 1 heterocycles. The second-order valence-electron chi connectivity index (χ2n) is 7.56. The fourth-order valence-corrected chi connectivity index (χ4v) is 3.74. The minimum atomic E-state index is -0.529. The largest absolute Gasteiger partial charge is 0.380 e. The Morgan fingerprint density at radius 2 is 1.12 bits per heavy atom. The highest BCUT2D eigenvalue weighted by atomic mass is 16.7. The molecule has 0 bridgehead atoms. The van der Waals surface area contributed by atoms with Gasteiger partial charge in [-0.25, -0.2) is 0 Å². The molecule has 1 aliphatic heterocycles. The number of methoxy groups -OCH3 is 5. The van der Waals surface area contributed by atoms with Gasteiger partial charge in [-0.3, -0.25) is 0 Å². The smallest absolute Gasteiger partial charge is 0.146 e. The lowest BCUT2D eigenvalue weighted by Gasteiger charge is -2.46. The van der Waals surface area contributed by atoms with Gasteiger partial charge in [0.1, 0.15) is 51.6 Å². The highest BCUT2D eigenvalue weighted by Gasteiger charge is 2.48. The van der Waals surface area contributed by atoms with Crippen LogP contribution in [0.1, 0.15) is 11.1 Å². The minimum absolute atomic E-state index is 0.0598. The molecule has 0 spiro atoms. The van der Waals surface area contributed by atoms with Gasteiger partial charge in [0.15, 0.2) is 0 Å². The van der Waals surface area contributed by atoms with Gasteiger partial charge in [-0.15, -0.1) is 0 Å². The topological polar surface area (TPSA) is 92.3 Å². The highest BCUT2D eigenvalue weighted by Crippen LogP contribution is 2.30. The molecule has 0 saturated carbocycles. The van der Waals surface area contributed by atoms with Crippen LogP contribution in [0, 0.1) is 0 Å². The van der Waals surface area contributed by atoms with Crippen LogP contribution < -0.4 is 0 Å². The molecule has 1 fully saturated rings. The van der Waals surface area contributed by atoms with E-state index < -0.39 is 24.4 Å². The first-order chi connectivity index (χ1) is 16.2. The van der Waals surface area contributed by atoms with Crippen molar-refractivity contribution in [3.63, 3.8) is 0 Å². The van der Waals surface area contributed by atoms with Crippen LogP contribution in [-0.2, 0) is 60.4 Å². The van der Waals surface area contributed by atoms with E-state index in [0.717, 1.165) is 11.1 Å². The molecule has 10 heteroatoms. The number of hydrogen-bond acceptors (Lipinski definition) is 10. The zero-order valence-electron chi connectivity index (χ0n) is 20.2. The molecule has 1 saturated heterocycles. The van der Waals surface area contributed by atoms with E-state index in [-0.39, 0.29) is 39.9 Å². The fraction of sp³-hybridized carbons (Fsp3) is 0.739. The third-order valence-electron chi connectivity index (χ3n) is 5.12. The molecule has 0 unspecified atom stereocenters. The summed E-state index contributed by atoms with van der Waals surface area (Å²) < 4.78 is 55.8. The van der Waals surface area contributed by atoms with E-state index in [4.69, 9.17) is 47.4 Å². The standard InChI is InChI=1S/C23H38O10/c1-24-11-18-8-6-17(7-9-18)10-19-21(30-14-26-3)23(32-16-28-5)22(31-15-27-4)20(33-19)12-29-13-25-2/h6-9,19-23H,10-16H2,1-5H3/t19-,20+,21-,22+,23+/m0/s1. The molecule has 0 aliphatic carbocycles. The summed E-state index contributed by atoms with van der Waals surface area (Å²) >= 11 is 0. The molecule has 0 aromatic heterocycles. The predicted octanol–water partition coefficient (Wildman–Crippen LogP) is 1.73. The van der Waals surface area contributed by atoms with E-state index in [1.807, 2.05) is 12.1 Å². The summed E-state index contributed by atoms with van der Waals surface area (Å²) in [5, 5.41) is 0. The number of rotatable bonds is 17. The molecule has 33 heavy (non-hydrogen) atoms. The molecule has 1 aromatic rings. The maximum Gasteiger partial charge on any atom is 0.146 e. The Morgan fingerprint density at radius 3 is 1.67 bits per heavy atom. The zero-order valence-corrected chi connectivity index (χ0v) is 20.2. The number of benzene rings is 1. The van der Waals surface area contributed by atoms with Crippen LogP contribution in [0.25, 0.3) is 0 Å². The predicted molar refractivity (Wildman–Crippen MR) is 118 cm³/mol. The summed E-state index contributed by atoms with van der Waals surface area (Å²) in [6.07, 6.45) is -1.74. The Labute approximate surface area is 196 Å². The summed E-state index contributed by atoms with van der Waals surface area (Å²) in [6.45, 7) is 1.14. The van der Waals surface area contributed by atoms with E-state index >= 15 is 0 Å². The third kappa shape index (κ3) is 9.18. The summed E-state index contributed by atoms with van der Waals surface area (Å²) in [4.78, 5) is 0. The van der Waals surface area contributed by atoms with Crippen molar-refractivity contribution < 1.29 is 47.4 Å². The quantitative estimate of drug-likeness (QED) is 0.245. The maximum atomic E-state index is 6.46. The fourth-order valence-electron chi connectivity index (χ4n) is 3.74. The normalized spacial score (nSPS) is 25.4. The first kappa shape index (κ1) is 28.1. The van der Waals surface area contributed by atoms with Gasteiger partial charge in [0.05, 0.1) is 19.3 Å². The van der Waals surface area contributed by atoms with Crippen molar-refractivity contribution in [2.75, 3.05) is 69.3 Å². The monoisotopic (exact) mass is 474 g/mol. The summed E-state index contributed by atoms with van der Waals surface area (Å²) in [6, 6.07) is 8.19. The molecule has 5 atom stereocenters. The Balaban J connectivity index is 2.28. The van der Waals surface area contributed by atoms with Gasteiger partial charge in [0.25, 0.3) is 0 Å². The van der Waals surface area contributed by atoms with Crippen molar-refractivity contribution in [2.24, 2.45) is 0 Å². The van der Waals surface area contributed by atoms with E-state index in [1.165, 1.54) is 0 Å². The average molecular weight is 475 g/mol. The minimum Gasteiger partial charge on any atom is -0.380 e. The van der Waals surface area contributed by atoms with Gasteiger partial charge in [0, 0.05) is 42.0 Å². The first-order valence-electron chi connectivity index (χ1n) is 10.8. The lowest BCUT2D eigenvalue weighted by atomic mass is 9.91. The van der Waals surface area contributed by atoms with Gasteiger partial charge in [0.2, 0.25) is 0 Å². The van der Waals surface area contributed by atoms with Gasteiger partial charge >= 0.3 is 0 Å². The van der Waals surface area contributed by atoms with Crippen molar-refractivity contribution in [2.45, 2.75) is 43.5 Å². The van der Waals surface area contributed by atoms with Gasteiger partial charge in [-0.05, 0) is 11.1 Å². The Bertz CT molecular complexity index is 614. The molecular weight excluding hydrogens is 436 g/mol. The van der Waals surface area contributed by atoms with Crippen LogP contribution >= 0.6 is 0 Å². The molecule has 10 nitrogen and oxygen atoms in total. The van der Waals surface area contributed by atoms with Gasteiger partial charge in [-0.1, -0.05) is 24.3 Å². The van der Waals surface area contributed by atoms with Crippen LogP contribution in [0.15, 0.2) is 24.3 Å². The van der Waals surface area contributed by atoms with Gasteiger partial charge in [-0.2, -0.15) is 0 Å². The Kier molecular flexibility index (Phi) is 14.0. The number of hydrogen-bond donors (Lipinski definition) is 0. The second kappa shape index (κ2) is 16.4. The molecule has 2 rings (SSSR count). The molecule has 0 radical (unpaired) electrons. The lowest BCUT2D eigenvalue weighted by molar-refractivity contribution is -0.297. The Morgan fingerprint density at radius 1 is 0.606 bits per heavy atom. The van der Waals surface area contributed by atoms with E-state index in [2.05, 4.69) is 12.1 Å². The maximum absolute atomic E-state index is 6.46. The van der Waals surface area contributed by atoms with E-state index in [1.54, 1.807) is 35.5 Å². The van der Waals surface area contributed by atoms with Crippen LogP contribution in [0.4, 0.5) is 0 Å². The van der Waals surface area contributed by atoms with E-state index in [9.17, 15) is 0 Å². The van der Waals surface area contributed by atoms with Crippen LogP contribution in [-0.4, -0.2) is 99.8 Å². The van der Waals surface area contributed by atoms with Crippen LogP contribution in [0.2, 0.25) is 0 Å². The molecule has 190 valence electrons. The van der Waals surface area contributed by atoms with Crippen LogP contribution in [0.3, 0.4) is 0 Å². The second-order valence-corrected chi connectivity index (χ2v) is 7.56. The lowest BCUT2D eigenvalue weighted by Crippen LogP contribution is -2.62. The van der Waals surface area contributed by atoms with Crippen molar-refractivity contribution in [3.05, 3.63) is 35.4 Å². The SMILES string of the molecule is COCOC[C@H]1O[C@@H](Cc2ccc(COC)cc2)[C@H](OCOC)[C@@H](OCOC)[C@@H]1OCOC. The van der Waals surface area contributed by atoms with Crippen molar-refractivity contribution in [3.8, 4) is 0 Å². The van der Waals surface area contributed by atoms with Crippen molar-refractivity contribution in [1.29, 1.82) is 0 Å². The summed E-state index contributed by atoms with van der Waals surface area (Å²) in [7, 11) is 7.93. The van der Waals surface area contributed by atoms with Gasteiger partial charge < -0.3 is 47.4 Å². The molecule has 0 N–H and O–H groups in total. The molecular formula is C23H38O10. The average Bonchev–Trinajstić information content (AvgIpc) is 2.83. The zero-order chi connectivity index (χ0) is 23.9. The first-order valence-corrected chi connectivity index (χ1v) is 10.8. The molecule has 1 aromatic carbocycles. The van der Waals surface area contributed by atoms with E-state index in [0.29, 0.717) is 13.0 Å². The summed E-state index contributed by atoms with van der Waals surface area (Å²) in [5.41, 5.74) is 2.18. The third-order valence-corrected chi connectivity index (χ3v) is 5.12. The van der Waals surface area contributed by atoms with Crippen LogP contribution in [0.5, 0.6) is 0 Å². The Hall–Kier alpha value is -1.18. The molecule has 1 aliphatic rings. The molecule has 0 amide bonds. The van der Waals surface area contributed by atoms with Crippen molar-refractivity contribution >= 4 is 0 Å². The highest BCUT2D eigenvalue weighted by molar-refractivity contribution is 5.23. The summed E-state index contributed by atoms with van der Waals surface area (Å²) in [5.74, 6) is 0. The van der Waals surface area contributed by atoms with Crippen molar-refractivity contribution in [1.82, 2.24) is 0 Å².